The van der Waals surface area contributed by atoms with Crippen molar-refractivity contribution < 1.29 is 5.11 Å². The highest BCUT2D eigenvalue weighted by Gasteiger charge is 2.61. The van der Waals surface area contributed by atoms with E-state index in [1.165, 1.54) is 12.0 Å². The summed E-state index contributed by atoms with van der Waals surface area (Å²) in [6.07, 6.45) is 0.962. The number of hydrogen-bond donors (Lipinski definition) is 1. The molecule has 2 aliphatic rings. The molecule has 0 aromatic heterocycles. The van der Waals surface area contributed by atoms with Gasteiger partial charge in [-0.2, -0.15) is 0 Å². The van der Waals surface area contributed by atoms with Gasteiger partial charge < -0.3 is 5.11 Å². The van der Waals surface area contributed by atoms with E-state index >= 15 is 0 Å². The summed E-state index contributed by atoms with van der Waals surface area (Å²) in [5.41, 5.74) is 2.73. The van der Waals surface area contributed by atoms with Crippen LogP contribution in [0.15, 0.2) is 24.3 Å². The molecule has 2 aliphatic carbocycles. The minimum absolute atomic E-state index is 0.184. The van der Waals surface area contributed by atoms with Gasteiger partial charge in [-0.3, -0.25) is 0 Å². The lowest BCUT2D eigenvalue weighted by atomic mass is 9.99. The van der Waals surface area contributed by atoms with E-state index in [4.69, 9.17) is 0 Å². The summed E-state index contributed by atoms with van der Waals surface area (Å²) < 4.78 is 0. The Balaban J connectivity index is 2.21. The van der Waals surface area contributed by atoms with E-state index in [9.17, 15) is 5.11 Å². The summed E-state index contributed by atoms with van der Waals surface area (Å²) in [6.45, 7) is 2.18. The van der Waals surface area contributed by atoms with Crippen LogP contribution < -0.4 is 0 Å². The molecule has 0 saturated heterocycles. The van der Waals surface area contributed by atoms with E-state index in [1.807, 2.05) is 6.07 Å². The molecule has 1 fully saturated rings. The lowest BCUT2D eigenvalue weighted by Gasteiger charge is -2.13. The minimum Gasteiger partial charge on any atom is -0.388 e. The Bertz CT molecular complexity index is 330. The van der Waals surface area contributed by atoms with Gasteiger partial charge >= 0.3 is 0 Å². The molecule has 12 heavy (non-hydrogen) atoms. The van der Waals surface area contributed by atoms with Crippen LogP contribution in [0.2, 0.25) is 0 Å². The van der Waals surface area contributed by atoms with Gasteiger partial charge in [-0.15, -0.1) is 0 Å². The van der Waals surface area contributed by atoms with Gasteiger partial charge in [0.25, 0.3) is 0 Å². The van der Waals surface area contributed by atoms with Crippen LogP contribution in [0.25, 0.3) is 0 Å². The Labute approximate surface area is 72.0 Å². The smallest absolute Gasteiger partial charge is 0.0852 e. The highest BCUT2D eigenvalue weighted by Crippen LogP contribution is 2.71. The van der Waals surface area contributed by atoms with Crippen LogP contribution in [-0.4, -0.2) is 5.11 Å². The average molecular weight is 160 g/mol. The van der Waals surface area contributed by atoms with Crippen molar-refractivity contribution in [3.8, 4) is 0 Å². The number of rotatable bonds is 0. The van der Waals surface area contributed by atoms with Crippen LogP contribution >= 0.6 is 0 Å². The zero-order valence-electron chi connectivity index (χ0n) is 7.12. The molecule has 0 spiro atoms. The normalized spacial score (nSPS) is 42.2. The van der Waals surface area contributed by atoms with E-state index in [-0.39, 0.29) is 11.5 Å². The van der Waals surface area contributed by atoms with Gasteiger partial charge in [-0.05, 0) is 23.5 Å². The average Bonchev–Trinajstić information content (AvgIpc) is 2.73. The van der Waals surface area contributed by atoms with Crippen LogP contribution in [0.3, 0.4) is 0 Å². The first-order valence-electron chi connectivity index (χ1n) is 4.50. The molecule has 62 valence electrons. The molecule has 1 aromatic carbocycles. The first-order valence-corrected chi connectivity index (χ1v) is 4.50. The van der Waals surface area contributed by atoms with E-state index in [1.54, 1.807) is 0 Å². The number of aliphatic hydroxyl groups excluding tert-OH is 1. The van der Waals surface area contributed by atoms with Gasteiger partial charge in [0.15, 0.2) is 0 Å². The van der Waals surface area contributed by atoms with Gasteiger partial charge in [0.05, 0.1) is 6.10 Å². The Morgan fingerprint density at radius 3 is 2.67 bits per heavy atom. The molecule has 0 aliphatic heterocycles. The van der Waals surface area contributed by atoms with E-state index in [0.29, 0.717) is 5.92 Å². The lowest BCUT2D eigenvalue weighted by molar-refractivity contribution is 0.111. The first kappa shape index (κ1) is 6.67. The largest absolute Gasteiger partial charge is 0.388 e. The molecule has 0 bridgehead atoms. The van der Waals surface area contributed by atoms with Crippen molar-refractivity contribution in [1.82, 2.24) is 0 Å². The van der Waals surface area contributed by atoms with Crippen LogP contribution in [-0.2, 0) is 0 Å². The highest BCUT2D eigenvalue weighted by molar-refractivity contribution is 5.46. The summed E-state index contributed by atoms with van der Waals surface area (Å²) >= 11 is 0. The molecule has 3 atom stereocenters. The predicted octanol–water partition coefficient (Wildman–Crippen LogP) is 2.23. The van der Waals surface area contributed by atoms with Gasteiger partial charge in [-0.1, -0.05) is 31.2 Å². The zero-order valence-corrected chi connectivity index (χ0v) is 7.12. The van der Waals surface area contributed by atoms with Crippen LogP contribution in [0.5, 0.6) is 0 Å². The van der Waals surface area contributed by atoms with Crippen LogP contribution in [0, 0.1) is 5.41 Å². The highest BCUT2D eigenvalue weighted by atomic mass is 16.3. The molecule has 0 radical (unpaired) electrons. The van der Waals surface area contributed by atoms with Crippen molar-refractivity contribution >= 4 is 0 Å². The predicted molar refractivity (Wildman–Crippen MR) is 46.9 cm³/mol. The molecule has 0 heterocycles. The maximum Gasteiger partial charge on any atom is 0.0852 e. The first-order chi connectivity index (χ1) is 5.73. The molecule has 3 rings (SSSR count). The monoisotopic (exact) mass is 160 g/mol. The summed E-state index contributed by atoms with van der Waals surface area (Å²) in [5, 5.41) is 9.95. The summed E-state index contributed by atoms with van der Waals surface area (Å²) in [6, 6.07) is 8.28. The third-order valence-electron chi connectivity index (χ3n) is 3.57. The Hall–Kier alpha value is -0.820. The van der Waals surface area contributed by atoms with E-state index in [0.717, 1.165) is 5.56 Å². The fourth-order valence-electron chi connectivity index (χ4n) is 2.58. The number of hydrogen-bond acceptors (Lipinski definition) is 1. The number of aliphatic hydroxyl groups is 1. The second kappa shape index (κ2) is 1.74. The Morgan fingerprint density at radius 2 is 2.00 bits per heavy atom. The van der Waals surface area contributed by atoms with Crippen molar-refractivity contribution in [1.29, 1.82) is 0 Å². The lowest BCUT2D eigenvalue weighted by Crippen LogP contribution is -2.05. The Morgan fingerprint density at radius 1 is 1.33 bits per heavy atom. The van der Waals surface area contributed by atoms with Gasteiger partial charge in [-0.25, -0.2) is 0 Å². The molecule has 1 nitrogen and oxygen atoms in total. The molecule has 1 aromatic rings. The van der Waals surface area contributed by atoms with Crippen LogP contribution in [0.1, 0.15) is 36.5 Å². The van der Waals surface area contributed by atoms with Crippen molar-refractivity contribution in [3.63, 3.8) is 0 Å². The maximum atomic E-state index is 9.95. The van der Waals surface area contributed by atoms with E-state index in [2.05, 4.69) is 25.1 Å². The number of benzene rings is 1. The molecule has 0 amide bonds. The molecular formula is C11H12O. The second-order valence-electron chi connectivity index (χ2n) is 4.29. The maximum absolute atomic E-state index is 9.95. The zero-order chi connectivity index (χ0) is 8.34. The quantitative estimate of drug-likeness (QED) is 0.617. The summed E-state index contributed by atoms with van der Waals surface area (Å²) in [5.74, 6) is 0.642. The summed E-state index contributed by atoms with van der Waals surface area (Å²) in [4.78, 5) is 0. The van der Waals surface area contributed by atoms with Crippen molar-refractivity contribution in [2.75, 3.05) is 0 Å². The second-order valence-corrected chi connectivity index (χ2v) is 4.29. The SMILES string of the molecule is CC12CC1c1ccccc1C2O. The van der Waals surface area contributed by atoms with Gasteiger partial charge in [0, 0.05) is 5.41 Å². The fraction of sp³-hybridized carbons (Fsp3) is 0.455. The topological polar surface area (TPSA) is 20.2 Å². The standard InChI is InChI=1S/C11H12O/c1-11-6-9(11)7-4-2-3-5-8(7)10(11)12/h2-5,9-10,12H,6H2,1H3. The van der Waals surface area contributed by atoms with Crippen LogP contribution in [0.4, 0.5) is 0 Å². The minimum atomic E-state index is -0.210. The molecular weight excluding hydrogens is 148 g/mol. The van der Waals surface area contributed by atoms with Crippen molar-refractivity contribution in [3.05, 3.63) is 35.4 Å². The third kappa shape index (κ3) is 0.558. The van der Waals surface area contributed by atoms with Crippen molar-refractivity contribution in [2.24, 2.45) is 5.41 Å². The number of fused-ring (bicyclic) bond motifs is 3. The van der Waals surface area contributed by atoms with Gasteiger partial charge in [0.2, 0.25) is 0 Å². The molecule has 1 saturated carbocycles. The molecule has 1 N–H and O–H groups in total. The fourth-order valence-corrected chi connectivity index (χ4v) is 2.58. The van der Waals surface area contributed by atoms with Gasteiger partial charge in [0.1, 0.15) is 0 Å². The van der Waals surface area contributed by atoms with Crippen molar-refractivity contribution in [2.45, 2.75) is 25.4 Å². The molecule has 3 unspecified atom stereocenters. The van der Waals surface area contributed by atoms with E-state index < -0.39 is 0 Å². The molecule has 1 heteroatoms. The third-order valence-corrected chi connectivity index (χ3v) is 3.57. The summed E-state index contributed by atoms with van der Waals surface area (Å²) in [7, 11) is 0. The Kier molecular flexibility index (Phi) is 0.969.